The molecule has 3 aromatic rings. The number of nitrogens with zero attached hydrogens (tertiary/aromatic N) is 5. The molecule has 1 N–H and O–H groups in total. The van der Waals surface area contributed by atoms with Gasteiger partial charge >= 0.3 is 6.18 Å². The smallest absolute Gasteiger partial charge is 0.391 e. The average Bonchev–Trinajstić information content (AvgIpc) is 3.48. The van der Waals surface area contributed by atoms with Crippen LogP contribution in [0.15, 0.2) is 35.6 Å². The van der Waals surface area contributed by atoms with Crippen LogP contribution in [0.25, 0.3) is 0 Å². The molecule has 1 fully saturated rings. The number of anilines is 1. The van der Waals surface area contributed by atoms with Crippen LogP contribution < -0.4 is 9.46 Å². The van der Waals surface area contributed by atoms with Gasteiger partial charge < -0.3 is 4.74 Å². The van der Waals surface area contributed by atoms with Crippen LogP contribution in [-0.2, 0) is 17.1 Å². The number of alkyl halides is 3. The molecule has 5 rings (SSSR count). The lowest BCUT2D eigenvalue weighted by atomic mass is 9.85. The molecular formula is C21H22F4N6O3S2. The van der Waals surface area contributed by atoms with E-state index in [1.165, 1.54) is 12.5 Å². The summed E-state index contributed by atoms with van der Waals surface area (Å²) < 4.78 is 94.8. The molecule has 0 amide bonds. The van der Waals surface area contributed by atoms with E-state index in [0.717, 1.165) is 23.7 Å². The number of fused-ring (bicyclic) bond motifs is 1. The van der Waals surface area contributed by atoms with E-state index in [2.05, 4.69) is 19.2 Å². The second kappa shape index (κ2) is 9.27. The number of benzene rings is 1. The summed E-state index contributed by atoms with van der Waals surface area (Å²) in [6.45, 7) is 0.328. The molecule has 2 aromatic heterocycles. The van der Waals surface area contributed by atoms with Crippen LogP contribution in [0.4, 0.5) is 22.7 Å². The van der Waals surface area contributed by atoms with Gasteiger partial charge in [-0.1, -0.05) is 0 Å². The van der Waals surface area contributed by atoms with Crippen molar-refractivity contribution in [1.29, 1.82) is 0 Å². The van der Waals surface area contributed by atoms with Crippen LogP contribution in [0.5, 0.6) is 5.75 Å². The maximum absolute atomic E-state index is 15.2. The fourth-order valence-corrected chi connectivity index (χ4v) is 6.70. The van der Waals surface area contributed by atoms with Gasteiger partial charge in [0.05, 0.1) is 24.3 Å². The number of nitrogens with one attached hydrogen (secondary N) is 1. The summed E-state index contributed by atoms with van der Waals surface area (Å²) in [5.74, 6) is -2.29. The van der Waals surface area contributed by atoms with E-state index in [1.54, 1.807) is 17.8 Å². The molecule has 2 aliphatic heterocycles. The predicted octanol–water partition coefficient (Wildman–Crippen LogP) is 4.05. The second-order valence-corrected chi connectivity index (χ2v) is 11.2. The van der Waals surface area contributed by atoms with Crippen molar-refractivity contribution in [2.24, 2.45) is 13.0 Å². The van der Waals surface area contributed by atoms with Gasteiger partial charge in [0.15, 0.2) is 0 Å². The van der Waals surface area contributed by atoms with Crippen molar-refractivity contribution >= 4 is 26.7 Å². The largest absolute Gasteiger partial charge is 0.493 e. The highest BCUT2D eigenvalue weighted by Gasteiger charge is 2.47. The summed E-state index contributed by atoms with van der Waals surface area (Å²) in [4.78, 5) is 5.06. The highest BCUT2D eigenvalue weighted by molar-refractivity contribution is 7.93. The van der Waals surface area contributed by atoms with E-state index < -0.39 is 44.9 Å². The molecule has 0 aliphatic carbocycles. The van der Waals surface area contributed by atoms with E-state index in [-0.39, 0.29) is 36.9 Å². The highest BCUT2D eigenvalue weighted by atomic mass is 32.2. The molecule has 1 saturated heterocycles. The Balaban J connectivity index is 1.50. The zero-order chi connectivity index (χ0) is 25.7. The second-order valence-electron chi connectivity index (χ2n) is 8.72. The van der Waals surface area contributed by atoms with E-state index in [1.807, 2.05) is 4.90 Å². The molecule has 1 aromatic carbocycles. The van der Waals surface area contributed by atoms with Crippen LogP contribution in [0, 0.1) is 11.7 Å². The first-order valence-corrected chi connectivity index (χ1v) is 13.4. The minimum absolute atomic E-state index is 0.0162. The predicted molar refractivity (Wildman–Crippen MR) is 121 cm³/mol. The Labute approximate surface area is 208 Å². The molecule has 0 spiro atoms. The lowest BCUT2D eigenvalue weighted by molar-refractivity contribution is -0.192. The Morgan fingerprint density at radius 1 is 1.22 bits per heavy atom. The van der Waals surface area contributed by atoms with Gasteiger partial charge in [0, 0.05) is 55.4 Å². The Morgan fingerprint density at radius 2 is 2.03 bits per heavy atom. The normalized spacial score (nSPS) is 23.2. The van der Waals surface area contributed by atoms with Crippen molar-refractivity contribution in [3.63, 3.8) is 0 Å². The van der Waals surface area contributed by atoms with Crippen LogP contribution >= 0.6 is 11.5 Å². The Kier molecular flexibility index (Phi) is 6.41. The van der Waals surface area contributed by atoms with Gasteiger partial charge in [0.2, 0.25) is 5.13 Å². The SMILES string of the molecule is Cn1nccc1[C@@H]1C[C@H](C(F)(F)F)CCN1[C@H]1CCOc2cc(S(=O)(=O)Nc3ncns3)c(F)cc21. The topological polar surface area (TPSA) is 102 Å². The fourth-order valence-electron chi connectivity index (χ4n) is 4.97. The van der Waals surface area contributed by atoms with E-state index >= 15 is 4.39 Å². The van der Waals surface area contributed by atoms with Crippen molar-refractivity contribution in [2.75, 3.05) is 17.9 Å². The first-order chi connectivity index (χ1) is 17.0. The molecule has 9 nitrogen and oxygen atoms in total. The number of aryl methyl sites for hydroxylation is 1. The summed E-state index contributed by atoms with van der Waals surface area (Å²) in [5, 5.41) is 4.11. The molecule has 0 radical (unpaired) electrons. The van der Waals surface area contributed by atoms with Gasteiger partial charge in [0.1, 0.15) is 22.8 Å². The highest BCUT2D eigenvalue weighted by Crippen LogP contribution is 2.48. The Hall–Kier alpha value is -2.78. The van der Waals surface area contributed by atoms with Crippen molar-refractivity contribution in [2.45, 2.75) is 42.4 Å². The molecule has 2 aliphatic rings. The van der Waals surface area contributed by atoms with Crippen molar-refractivity contribution in [1.82, 2.24) is 24.0 Å². The van der Waals surface area contributed by atoms with Gasteiger partial charge in [0.25, 0.3) is 10.0 Å². The molecule has 0 saturated carbocycles. The molecule has 4 heterocycles. The van der Waals surface area contributed by atoms with Gasteiger partial charge in [-0.15, -0.1) is 0 Å². The minimum Gasteiger partial charge on any atom is -0.493 e. The number of piperidine rings is 1. The standard InChI is InChI=1S/C21H22F4N6O3S2/c1-30-16(2-5-27-30)17-8-12(21(23,24)25)3-6-31(17)15-4-7-34-18-10-19(14(22)9-13(15)18)36(32,33)29-20-26-11-28-35-20/h2,5,9-12,15,17H,3-4,6-8H2,1H3,(H,26,28,29)/t12-,15+,17+/m1/s1. The Bertz CT molecular complexity index is 1350. The van der Waals surface area contributed by atoms with Crippen LogP contribution in [-0.4, -0.2) is 51.8 Å². The van der Waals surface area contributed by atoms with Gasteiger partial charge in [-0.2, -0.15) is 22.6 Å². The molecule has 36 heavy (non-hydrogen) atoms. The number of halogens is 4. The molecule has 0 bridgehead atoms. The number of rotatable bonds is 5. The third kappa shape index (κ3) is 4.66. The van der Waals surface area contributed by atoms with Gasteiger partial charge in [-0.05, 0) is 25.0 Å². The first-order valence-electron chi connectivity index (χ1n) is 11.1. The molecular weight excluding hydrogens is 524 g/mol. The summed E-state index contributed by atoms with van der Waals surface area (Å²) in [7, 11) is -2.64. The van der Waals surface area contributed by atoms with Gasteiger partial charge in [-0.3, -0.25) is 14.3 Å². The summed E-state index contributed by atoms with van der Waals surface area (Å²) >= 11 is 0.801. The van der Waals surface area contributed by atoms with Crippen molar-refractivity contribution < 1.29 is 30.7 Å². The summed E-state index contributed by atoms with van der Waals surface area (Å²) in [6.07, 6.45) is -1.47. The number of likely N-dealkylation sites (tertiary alicyclic amines) is 1. The lowest BCUT2D eigenvalue weighted by Gasteiger charge is -2.45. The maximum atomic E-state index is 15.2. The quantitative estimate of drug-likeness (QED) is 0.482. The minimum atomic E-state index is -4.33. The van der Waals surface area contributed by atoms with E-state index in [4.69, 9.17) is 4.74 Å². The third-order valence-electron chi connectivity index (χ3n) is 6.65. The molecule has 0 unspecified atom stereocenters. The monoisotopic (exact) mass is 546 g/mol. The van der Waals surface area contributed by atoms with Crippen LogP contribution in [0.1, 0.15) is 42.6 Å². The average molecular weight is 547 g/mol. The molecule has 3 atom stereocenters. The van der Waals surface area contributed by atoms with Crippen LogP contribution in [0.3, 0.4) is 0 Å². The zero-order valence-corrected chi connectivity index (χ0v) is 20.6. The lowest BCUT2D eigenvalue weighted by Crippen LogP contribution is -2.44. The fraction of sp³-hybridized carbons (Fsp3) is 0.476. The number of aromatic nitrogens is 4. The number of sulfonamides is 1. The maximum Gasteiger partial charge on any atom is 0.391 e. The van der Waals surface area contributed by atoms with Crippen molar-refractivity contribution in [3.8, 4) is 5.75 Å². The van der Waals surface area contributed by atoms with E-state index in [9.17, 15) is 21.6 Å². The Morgan fingerprint density at radius 3 is 2.69 bits per heavy atom. The molecule has 194 valence electrons. The van der Waals surface area contributed by atoms with Crippen LogP contribution in [0.2, 0.25) is 0 Å². The summed E-state index contributed by atoms with van der Waals surface area (Å²) in [5.41, 5.74) is 1.02. The summed E-state index contributed by atoms with van der Waals surface area (Å²) in [6, 6.07) is 2.82. The zero-order valence-electron chi connectivity index (χ0n) is 18.9. The number of hydrogen-bond acceptors (Lipinski definition) is 8. The third-order valence-corrected chi connectivity index (χ3v) is 8.72. The number of hydrogen-bond donors (Lipinski definition) is 1. The van der Waals surface area contributed by atoms with Crippen molar-refractivity contribution in [3.05, 3.63) is 47.8 Å². The van der Waals surface area contributed by atoms with E-state index in [0.29, 0.717) is 17.7 Å². The number of ether oxygens (including phenoxy) is 1. The molecule has 15 heteroatoms. The first kappa shape index (κ1) is 24.9. The van der Waals surface area contributed by atoms with Gasteiger partial charge in [-0.25, -0.2) is 17.8 Å².